The molecule has 0 aliphatic carbocycles. The third kappa shape index (κ3) is 5.04. The fraction of sp³-hybridized carbons (Fsp3) is 0.588. The second-order valence-electron chi connectivity index (χ2n) is 6.30. The molecule has 1 aliphatic heterocycles. The first-order valence-corrected chi connectivity index (χ1v) is 8.77. The van der Waals surface area contributed by atoms with Gasteiger partial charge in [-0.3, -0.25) is 4.79 Å². The first-order valence-electron chi connectivity index (χ1n) is 7.78. The number of nitrogens with zero attached hydrogens (tertiary/aromatic N) is 1. The van der Waals surface area contributed by atoms with Crippen LogP contribution >= 0.6 is 11.8 Å². The molecule has 116 valence electrons. The molecule has 2 atom stereocenters. The molecule has 1 aromatic carbocycles. The van der Waals surface area contributed by atoms with E-state index < -0.39 is 0 Å². The van der Waals surface area contributed by atoms with E-state index in [4.69, 9.17) is 5.73 Å². The third-order valence-corrected chi connectivity index (χ3v) is 5.11. The van der Waals surface area contributed by atoms with Crippen molar-refractivity contribution in [2.45, 2.75) is 37.6 Å². The van der Waals surface area contributed by atoms with Crippen LogP contribution < -0.4 is 5.73 Å². The standard InChI is InChI=1S/C17H26N2OS/c1-13(2)10-16(18)17(20)19-9-8-14(11-19)12-21-15-6-4-3-5-7-15/h3-7,13-14,16H,8-12,18H2,1-2H3/t14?,16-/m0/s1. The molecule has 1 aromatic rings. The van der Waals surface area contributed by atoms with Gasteiger partial charge in [-0.1, -0.05) is 32.0 Å². The molecule has 2 rings (SSSR count). The Hall–Kier alpha value is -1.00. The maximum absolute atomic E-state index is 12.3. The van der Waals surface area contributed by atoms with E-state index in [0.29, 0.717) is 11.8 Å². The molecule has 3 nitrogen and oxygen atoms in total. The van der Waals surface area contributed by atoms with Gasteiger partial charge in [-0.25, -0.2) is 0 Å². The summed E-state index contributed by atoms with van der Waals surface area (Å²) in [5.74, 6) is 2.27. The lowest BCUT2D eigenvalue weighted by Crippen LogP contribution is -2.43. The topological polar surface area (TPSA) is 46.3 Å². The van der Waals surface area contributed by atoms with Crippen molar-refractivity contribution >= 4 is 17.7 Å². The van der Waals surface area contributed by atoms with Gasteiger partial charge in [0.1, 0.15) is 0 Å². The van der Waals surface area contributed by atoms with Crippen LogP contribution in [0.4, 0.5) is 0 Å². The molecule has 21 heavy (non-hydrogen) atoms. The Kier molecular flexibility index (Phi) is 6.12. The maximum Gasteiger partial charge on any atom is 0.239 e. The molecule has 1 amide bonds. The normalized spacial score (nSPS) is 20.0. The Balaban J connectivity index is 1.76. The number of nitrogens with two attached hydrogens (primary N) is 1. The summed E-state index contributed by atoms with van der Waals surface area (Å²) in [4.78, 5) is 15.6. The number of carbonyl (C=O) groups is 1. The number of hydrogen-bond donors (Lipinski definition) is 1. The SMILES string of the molecule is CC(C)C[C@H](N)C(=O)N1CCC(CSc2ccccc2)C1. The van der Waals surface area contributed by atoms with E-state index in [-0.39, 0.29) is 11.9 Å². The van der Waals surface area contributed by atoms with E-state index in [1.54, 1.807) is 0 Å². The summed E-state index contributed by atoms with van der Waals surface area (Å²) in [6.07, 6.45) is 1.87. The molecule has 1 fully saturated rings. The zero-order chi connectivity index (χ0) is 15.2. The van der Waals surface area contributed by atoms with Gasteiger partial charge in [-0.05, 0) is 36.8 Å². The highest BCUT2D eigenvalue weighted by molar-refractivity contribution is 7.99. The summed E-state index contributed by atoms with van der Waals surface area (Å²) >= 11 is 1.88. The van der Waals surface area contributed by atoms with E-state index in [0.717, 1.165) is 31.7 Å². The summed E-state index contributed by atoms with van der Waals surface area (Å²) in [6.45, 7) is 5.95. The molecular weight excluding hydrogens is 280 g/mol. The predicted octanol–water partition coefficient (Wildman–Crippen LogP) is 3.00. The van der Waals surface area contributed by atoms with Gasteiger partial charge in [0.15, 0.2) is 0 Å². The first kappa shape index (κ1) is 16.4. The van der Waals surface area contributed by atoms with Crippen molar-refractivity contribution in [2.75, 3.05) is 18.8 Å². The van der Waals surface area contributed by atoms with Crippen LogP contribution in [0, 0.1) is 11.8 Å². The van der Waals surface area contributed by atoms with Crippen molar-refractivity contribution in [3.8, 4) is 0 Å². The first-order chi connectivity index (χ1) is 10.1. The molecule has 1 aliphatic rings. The van der Waals surface area contributed by atoms with Crippen molar-refractivity contribution in [1.29, 1.82) is 0 Å². The molecule has 4 heteroatoms. The molecule has 1 heterocycles. The van der Waals surface area contributed by atoms with Crippen molar-refractivity contribution in [1.82, 2.24) is 4.90 Å². The van der Waals surface area contributed by atoms with Gasteiger partial charge in [-0.2, -0.15) is 0 Å². The number of benzene rings is 1. The summed E-state index contributed by atoms with van der Waals surface area (Å²) in [7, 11) is 0. The quantitative estimate of drug-likeness (QED) is 0.822. The molecule has 0 spiro atoms. The molecule has 1 saturated heterocycles. The van der Waals surface area contributed by atoms with Gasteiger partial charge in [-0.15, -0.1) is 11.8 Å². The lowest BCUT2D eigenvalue weighted by atomic mass is 10.0. The van der Waals surface area contributed by atoms with E-state index in [1.165, 1.54) is 4.90 Å². The highest BCUT2D eigenvalue weighted by Gasteiger charge is 2.29. The molecule has 2 N–H and O–H groups in total. The second-order valence-corrected chi connectivity index (χ2v) is 7.39. The van der Waals surface area contributed by atoms with E-state index in [1.807, 2.05) is 22.7 Å². The van der Waals surface area contributed by atoms with Crippen molar-refractivity contribution in [3.63, 3.8) is 0 Å². The summed E-state index contributed by atoms with van der Waals surface area (Å²) in [5.41, 5.74) is 6.01. The predicted molar refractivity (Wildman–Crippen MR) is 89.3 cm³/mol. The van der Waals surface area contributed by atoms with E-state index in [2.05, 4.69) is 38.1 Å². The number of likely N-dealkylation sites (tertiary alicyclic amines) is 1. The minimum atomic E-state index is -0.328. The lowest BCUT2D eigenvalue weighted by Gasteiger charge is -2.22. The largest absolute Gasteiger partial charge is 0.341 e. The van der Waals surface area contributed by atoms with Crippen molar-refractivity contribution in [2.24, 2.45) is 17.6 Å². The maximum atomic E-state index is 12.3. The summed E-state index contributed by atoms with van der Waals surface area (Å²) in [6, 6.07) is 10.1. The molecular formula is C17H26N2OS. The van der Waals surface area contributed by atoms with Crippen LogP contribution in [-0.4, -0.2) is 35.7 Å². The molecule has 0 bridgehead atoms. The van der Waals surface area contributed by atoms with E-state index >= 15 is 0 Å². The Labute approximate surface area is 132 Å². The van der Waals surface area contributed by atoms with Crippen LogP contribution in [-0.2, 0) is 4.79 Å². The molecule has 0 aromatic heterocycles. The Morgan fingerprint density at radius 2 is 2.10 bits per heavy atom. The van der Waals surface area contributed by atoms with Crippen LogP contribution in [0.3, 0.4) is 0 Å². The Morgan fingerprint density at radius 1 is 1.38 bits per heavy atom. The zero-order valence-electron chi connectivity index (χ0n) is 13.0. The van der Waals surface area contributed by atoms with E-state index in [9.17, 15) is 4.79 Å². The minimum Gasteiger partial charge on any atom is -0.341 e. The average Bonchev–Trinajstić information content (AvgIpc) is 2.93. The van der Waals surface area contributed by atoms with Crippen molar-refractivity contribution < 1.29 is 4.79 Å². The fourth-order valence-corrected chi connectivity index (χ4v) is 3.79. The fourth-order valence-electron chi connectivity index (χ4n) is 2.74. The van der Waals surface area contributed by atoms with Gasteiger partial charge in [0.25, 0.3) is 0 Å². The minimum absolute atomic E-state index is 0.135. The Morgan fingerprint density at radius 3 is 2.76 bits per heavy atom. The lowest BCUT2D eigenvalue weighted by molar-refractivity contribution is -0.132. The highest BCUT2D eigenvalue weighted by Crippen LogP contribution is 2.26. The van der Waals surface area contributed by atoms with Gasteiger partial charge in [0.2, 0.25) is 5.91 Å². The second kappa shape index (κ2) is 7.85. The molecule has 1 unspecified atom stereocenters. The smallest absolute Gasteiger partial charge is 0.239 e. The summed E-state index contributed by atoms with van der Waals surface area (Å²) in [5, 5.41) is 0. The van der Waals surface area contributed by atoms with Gasteiger partial charge in [0, 0.05) is 23.7 Å². The summed E-state index contributed by atoms with van der Waals surface area (Å²) < 4.78 is 0. The third-order valence-electron chi connectivity index (χ3n) is 3.87. The monoisotopic (exact) mass is 306 g/mol. The zero-order valence-corrected chi connectivity index (χ0v) is 13.8. The Bertz CT molecular complexity index is 449. The molecule has 0 radical (unpaired) electrons. The number of rotatable bonds is 6. The number of amides is 1. The molecule has 0 saturated carbocycles. The van der Waals surface area contributed by atoms with Crippen LogP contribution in [0.5, 0.6) is 0 Å². The van der Waals surface area contributed by atoms with Gasteiger partial charge < -0.3 is 10.6 Å². The van der Waals surface area contributed by atoms with Crippen LogP contribution in [0.2, 0.25) is 0 Å². The van der Waals surface area contributed by atoms with Crippen LogP contribution in [0.1, 0.15) is 26.7 Å². The van der Waals surface area contributed by atoms with Gasteiger partial charge in [0.05, 0.1) is 6.04 Å². The van der Waals surface area contributed by atoms with Crippen molar-refractivity contribution in [3.05, 3.63) is 30.3 Å². The highest BCUT2D eigenvalue weighted by atomic mass is 32.2. The van der Waals surface area contributed by atoms with Gasteiger partial charge >= 0.3 is 0 Å². The van der Waals surface area contributed by atoms with Crippen LogP contribution in [0.15, 0.2) is 35.2 Å². The number of thioether (sulfide) groups is 1. The van der Waals surface area contributed by atoms with Crippen LogP contribution in [0.25, 0.3) is 0 Å². The number of carbonyl (C=O) groups excluding carboxylic acids is 1. The average molecular weight is 306 g/mol. The number of hydrogen-bond acceptors (Lipinski definition) is 3.